The maximum absolute atomic E-state index is 12.9. The first-order chi connectivity index (χ1) is 10.2. The van der Waals surface area contributed by atoms with E-state index in [4.69, 9.17) is 0 Å². The fourth-order valence-electron chi connectivity index (χ4n) is 2.11. The molecular weight excluding hydrogens is 394 g/mol. The van der Waals surface area contributed by atoms with E-state index in [0.29, 0.717) is 12.1 Å². The van der Waals surface area contributed by atoms with Crippen LogP contribution >= 0.6 is 15.9 Å². The van der Waals surface area contributed by atoms with E-state index in [1.165, 1.54) is 14.0 Å². The van der Waals surface area contributed by atoms with Crippen molar-refractivity contribution in [2.75, 3.05) is 7.05 Å². The monoisotopic (exact) mass is 402 g/mol. The van der Waals surface area contributed by atoms with E-state index in [2.05, 4.69) is 21.0 Å². The number of amides is 1. The highest BCUT2D eigenvalue weighted by atomic mass is 79.9. The highest BCUT2D eigenvalue weighted by Gasteiger charge is 2.46. The quantitative estimate of drug-likeness (QED) is 0.515. The molecule has 23 heavy (non-hydrogen) atoms. The highest BCUT2D eigenvalue weighted by Crippen LogP contribution is 2.39. The molecule has 1 amide bonds. The Bertz CT molecular complexity index is 660. The van der Waals surface area contributed by atoms with Crippen LogP contribution in [0.2, 0.25) is 0 Å². The topological polar surface area (TPSA) is 32.7 Å². The van der Waals surface area contributed by atoms with Gasteiger partial charge in [0.25, 0.3) is 5.91 Å². The third-order valence-corrected chi connectivity index (χ3v) is 3.97. The molecule has 0 aliphatic carbocycles. The Hall–Kier alpha value is -1.58. The number of carbonyl (C=O) groups excluding carboxylic acids is 1. The van der Waals surface area contributed by atoms with Crippen LogP contribution in [0.25, 0.3) is 0 Å². The summed E-state index contributed by atoms with van der Waals surface area (Å²) in [5.41, 5.74) is -3.57. The minimum absolute atomic E-state index is 0.0239. The van der Waals surface area contributed by atoms with E-state index in [1.807, 2.05) is 0 Å². The standard InChI is InChI=1S/C13H9BrF6N2O/c1-11(14)9(21-22(2)10(11)23)6-3-7(12(15,16)17)5-8(4-6)13(18,19)20/h3-5H,1-2H3. The van der Waals surface area contributed by atoms with E-state index in [1.54, 1.807) is 0 Å². The number of alkyl halides is 7. The molecule has 3 nitrogen and oxygen atoms in total. The molecule has 0 N–H and O–H groups in total. The molecule has 1 unspecified atom stereocenters. The van der Waals surface area contributed by atoms with Crippen molar-refractivity contribution >= 4 is 27.5 Å². The molecule has 1 aliphatic rings. The summed E-state index contributed by atoms with van der Waals surface area (Å²) in [6.07, 6.45) is -9.93. The lowest BCUT2D eigenvalue weighted by Crippen LogP contribution is -2.37. The van der Waals surface area contributed by atoms with Gasteiger partial charge in [-0.25, -0.2) is 5.01 Å². The summed E-state index contributed by atoms with van der Waals surface area (Å²) in [6.45, 7) is 1.31. The van der Waals surface area contributed by atoms with Crippen LogP contribution in [0.5, 0.6) is 0 Å². The van der Waals surface area contributed by atoms with Gasteiger partial charge in [0.2, 0.25) is 0 Å². The van der Waals surface area contributed by atoms with Crippen LogP contribution in [-0.2, 0) is 17.1 Å². The summed E-state index contributed by atoms with van der Waals surface area (Å²) < 4.78 is 75.7. The van der Waals surface area contributed by atoms with Gasteiger partial charge < -0.3 is 0 Å². The molecule has 1 aliphatic heterocycles. The van der Waals surface area contributed by atoms with Crippen LogP contribution in [0, 0.1) is 0 Å². The number of hydrogen-bond acceptors (Lipinski definition) is 2. The number of hydrogen-bond donors (Lipinski definition) is 0. The van der Waals surface area contributed by atoms with Crippen molar-refractivity contribution in [1.82, 2.24) is 5.01 Å². The summed E-state index contributed by atoms with van der Waals surface area (Å²) in [5, 5.41) is 4.62. The normalized spacial score (nSPS) is 22.6. The Morgan fingerprint density at radius 3 is 1.78 bits per heavy atom. The van der Waals surface area contributed by atoms with Crippen LogP contribution in [0.1, 0.15) is 23.6 Å². The molecule has 0 radical (unpaired) electrons. The average molecular weight is 403 g/mol. The van der Waals surface area contributed by atoms with Crippen LogP contribution in [0.15, 0.2) is 23.3 Å². The third-order valence-electron chi connectivity index (χ3n) is 3.25. The predicted octanol–water partition coefficient (Wildman–Crippen LogP) is 4.05. The molecule has 1 aromatic carbocycles. The maximum Gasteiger partial charge on any atom is 0.416 e. The lowest BCUT2D eigenvalue weighted by molar-refractivity contribution is -0.143. The molecule has 2 rings (SSSR count). The minimum Gasteiger partial charge on any atom is -0.271 e. The SMILES string of the molecule is CN1N=C(c2cc(C(F)(F)F)cc(C(F)(F)F)c2)C(C)(Br)C1=O. The van der Waals surface area contributed by atoms with Gasteiger partial charge in [-0.05, 0) is 25.1 Å². The molecule has 1 heterocycles. The lowest BCUT2D eigenvalue weighted by Gasteiger charge is -2.18. The van der Waals surface area contributed by atoms with E-state index < -0.39 is 39.3 Å². The number of benzene rings is 1. The number of halogens is 7. The van der Waals surface area contributed by atoms with Crippen LogP contribution < -0.4 is 0 Å². The number of rotatable bonds is 1. The van der Waals surface area contributed by atoms with Gasteiger partial charge in [0, 0.05) is 12.6 Å². The first kappa shape index (κ1) is 17.8. The second-order valence-corrected chi connectivity index (χ2v) is 6.66. The van der Waals surface area contributed by atoms with Gasteiger partial charge in [-0.3, -0.25) is 4.79 Å². The second kappa shape index (κ2) is 5.22. The zero-order valence-electron chi connectivity index (χ0n) is 11.7. The van der Waals surface area contributed by atoms with Gasteiger partial charge in [-0.2, -0.15) is 31.4 Å². The molecule has 0 aromatic heterocycles. The molecule has 1 aromatic rings. The van der Waals surface area contributed by atoms with Crippen LogP contribution in [-0.4, -0.2) is 28.0 Å². The van der Waals surface area contributed by atoms with Crippen LogP contribution in [0.3, 0.4) is 0 Å². The van der Waals surface area contributed by atoms with Gasteiger partial charge in [0.1, 0.15) is 4.32 Å². The fourth-order valence-corrected chi connectivity index (χ4v) is 2.68. The third kappa shape index (κ3) is 3.22. The fraction of sp³-hybridized carbons (Fsp3) is 0.385. The molecule has 0 saturated heterocycles. The average Bonchev–Trinajstić information content (AvgIpc) is 2.60. The van der Waals surface area contributed by atoms with Crippen molar-refractivity contribution in [2.45, 2.75) is 23.6 Å². The van der Waals surface area contributed by atoms with E-state index in [9.17, 15) is 31.1 Å². The minimum atomic E-state index is -4.96. The summed E-state index contributed by atoms with van der Waals surface area (Å²) in [6, 6.07) is 1.11. The molecule has 0 fully saturated rings. The smallest absolute Gasteiger partial charge is 0.271 e. The molecule has 1 atom stereocenters. The summed E-state index contributed by atoms with van der Waals surface area (Å²) >= 11 is 3.02. The summed E-state index contributed by atoms with van der Waals surface area (Å²) in [5.74, 6) is -0.599. The molecule has 0 bridgehead atoms. The zero-order chi connectivity index (χ0) is 17.8. The van der Waals surface area contributed by atoms with Gasteiger partial charge in [0.15, 0.2) is 0 Å². The Morgan fingerprint density at radius 1 is 1.04 bits per heavy atom. The van der Waals surface area contributed by atoms with Crippen LogP contribution in [0.4, 0.5) is 26.3 Å². The molecule has 0 saturated carbocycles. The van der Waals surface area contributed by atoms with Gasteiger partial charge in [-0.15, -0.1) is 0 Å². The molecule has 126 valence electrons. The zero-order valence-corrected chi connectivity index (χ0v) is 13.3. The van der Waals surface area contributed by atoms with Gasteiger partial charge >= 0.3 is 12.4 Å². The predicted molar refractivity (Wildman–Crippen MR) is 73.1 cm³/mol. The van der Waals surface area contributed by atoms with E-state index in [0.717, 1.165) is 5.01 Å². The lowest BCUT2D eigenvalue weighted by atomic mass is 9.94. The highest BCUT2D eigenvalue weighted by molar-refractivity contribution is 9.10. The molecule has 0 spiro atoms. The maximum atomic E-state index is 12.9. The van der Waals surface area contributed by atoms with Gasteiger partial charge in [0.05, 0.1) is 16.8 Å². The molecular formula is C13H9BrF6N2O. The van der Waals surface area contributed by atoms with Gasteiger partial charge in [-0.1, -0.05) is 15.9 Å². The van der Waals surface area contributed by atoms with Crippen molar-refractivity contribution in [2.24, 2.45) is 5.10 Å². The van der Waals surface area contributed by atoms with Crippen molar-refractivity contribution in [3.8, 4) is 0 Å². The Labute approximate surface area is 135 Å². The largest absolute Gasteiger partial charge is 0.416 e. The first-order valence-electron chi connectivity index (χ1n) is 6.10. The van der Waals surface area contributed by atoms with Crippen molar-refractivity contribution in [3.63, 3.8) is 0 Å². The second-order valence-electron chi connectivity index (χ2n) is 5.07. The molecule has 10 heteroatoms. The number of nitrogens with zero attached hydrogens (tertiary/aromatic N) is 2. The Morgan fingerprint density at radius 2 is 1.48 bits per heavy atom. The Balaban J connectivity index is 2.69. The van der Waals surface area contributed by atoms with E-state index >= 15 is 0 Å². The number of carbonyl (C=O) groups is 1. The van der Waals surface area contributed by atoms with Crippen molar-refractivity contribution in [3.05, 3.63) is 34.9 Å². The van der Waals surface area contributed by atoms with Crippen molar-refractivity contribution in [1.29, 1.82) is 0 Å². The van der Waals surface area contributed by atoms with Crippen molar-refractivity contribution < 1.29 is 31.1 Å². The van der Waals surface area contributed by atoms with E-state index in [-0.39, 0.29) is 11.8 Å². The summed E-state index contributed by atoms with van der Waals surface area (Å²) in [4.78, 5) is 11.9. The summed E-state index contributed by atoms with van der Waals surface area (Å²) in [7, 11) is 1.26. The first-order valence-corrected chi connectivity index (χ1v) is 6.90. The Kier molecular flexibility index (Phi) is 4.03. The number of hydrazone groups is 1.